The predicted octanol–water partition coefficient (Wildman–Crippen LogP) is -0.201. The Morgan fingerprint density at radius 2 is 2.20 bits per heavy atom. The maximum atomic E-state index is 11.6. The predicted molar refractivity (Wildman–Crippen MR) is 73.0 cm³/mol. The molecule has 8 heteroatoms. The number of halogens is 1. The molecule has 20 heavy (non-hydrogen) atoms. The Bertz CT molecular complexity index is 587. The van der Waals surface area contributed by atoms with Crippen molar-refractivity contribution < 1.29 is 14.7 Å². The molecule has 2 rings (SSSR count). The minimum absolute atomic E-state index is 0.0103. The first-order valence-corrected chi connectivity index (χ1v) is 6.47. The van der Waals surface area contributed by atoms with Crippen LogP contribution in [0.5, 0.6) is 0 Å². The summed E-state index contributed by atoms with van der Waals surface area (Å²) >= 11 is 6.04. The fourth-order valence-electron chi connectivity index (χ4n) is 1.65. The number of aromatic nitrogens is 2. The standard InChI is InChI=1S/C12H14ClN5O2/c13-9-4-2-1-3-8(9)7-15-5-6-16-12(19)10-11(14)18-20-17-10/h1-4,15H,5-7H2,(H2,14,18)(H,16,19)/p+1. The van der Waals surface area contributed by atoms with Crippen LogP contribution in [0, 0.1) is 0 Å². The zero-order valence-corrected chi connectivity index (χ0v) is 11.4. The normalized spacial score (nSPS) is 10.4. The number of anilines is 1. The molecular weight excluding hydrogens is 282 g/mol. The molecule has 5 N–H and O–H groups in total. The molecule has 0 bridgehead atoms. The Balaban J connectivity index is 1.69. The smallest absolute Gasteiger partial charge is 0.277 e. The van der Waals surface area contributed by atoms with Gasteiger partial charge in [-0.1, -0.05) is 29.8 Å². The second-order valence-corrected chi connectivity index (χ2v) is 4.53. The third kappa shape index (κ3) is 3.69. The second kappa shape index (κ2) is 6.88. The molecule has 1 heterocycles. The van der Waals surface area contributed by atoms with E-state index in [1.54, 1.807) is 0 Å². The summed E-state index contributed by atoms with van der Waals surface area (Å²) in [6.07, 6.45) is 0. The summed E-state index contributed by atoms with van der Waals surface area (Å²) in [6.45, 7) is 1.95. The van der Waals surface area contributed by atoms with Crippen molar-refractivity contribution in [1.82, 2.24) is 15.6 Å². The molecule has 0 aliphatic carbocycles. The fraction of sp³-hybridized carbons (Fsp3) is 0.250. The molecule has 0 unspecified atom stereocenters. The van der Waals surface area contributed by atoms with Gasteiger partial charge in [-0.3, -0.25) is 4.79 Å². The van der Waals surface area contributed by atoms with Crippen LogP contribution in [0.1, 0.15) is 16.1 Å². The van der Waals surface area contributed by atoms with Crippen molar-refractivity contribution in [2.24, 2.45) is 0 Å². The van der Waals surface area contributed by atoms with Crippen LogP contribution in [0.25, 0.3) is 0 Å². The molecule has 0 saturated heterocycles. The molecule has 0 aliphatic heterocycles. The first-order valence-electron chi connectivity index (χ1n) is 6.10. The number of hydrogen-bond donors (Lipinski definition) is 3. The number of rotatable bonds is 6. The van der Waals surface area contributed by atoms with Gasteiger partial charge < -0.3 is 16.4 Å². The van der Waals surface area contributed by atoms with E-state index in [0.29, 0.717) is 13.1 Å². The number of carbonyl (C=O) groups is 1. The molecule has 0 radical (unpaired) electrons. The minimum atomic E-state index is -0.394. The van der Waals surface area contributed by atoms with Gasteiger partial charge in [-0.05, 0) is 16.4 Å². The van der Waals surface area contributed by atoms with Gasteiger partial charge >= 0.3 is 0 Å². The summed E-state index contributed by atoms with van der Waals surface area (Å²) in [5.41, 5.74) is 6.48. The zero-order chi connectivity index (χ0) is 14.4. The summed E-state index contributed by atoms with van der Waals surface area (Å²) in [4.78, 5) is 11.6. The lowest BCUT2D eigenvalue weighted by atomic mass is 10.2. The van der Waals surface area contributed by atoms with E-state index in [-0.39, 0.29) is 11.5 Å². The molecule has 106 valence electrons. The molecular formula is C12H15ClN5O2+. The van der Waals surface area contributed by atoms with E-state index in [2.05, 4.69) is 20.3 Å². The highest BCUT2D eigenvalue weighted by Gasteiger charge is 2.15. The summed E-state index contributed by atoms with van der Waals surface area (Å²) in [7, 11) is 0. The van der Waals surface area contributed by atoms with Crippen molar-refractivity contribution in [1.29, 1.82) is 0 Å². The van der Waals surface area contributed by atoms with Crippen molar-refractivity contribution >= 4 is 23.3 Å². The van der Waals surface area contributed by atoms with Crippen LogP contribution in [0.4, 0.5) is 5.82 Å². The van der Waals surface area contributed by atoms with Gasteiger partial charge in [0.2, 0.25) is 11.5 Å². The van der Waals surface area contributed by atoms with Crippen molar-refractivity contribution in [3.63, 3.8) is 0 Å². The third-order valence-corrected chi connectivity index (χ3v) is 3.05. The van der Waals surface area contributed by atoms with E-state index >= 15 is 0 Å². The molecule has 7 nitrogen and oxygen atoms in total. The lowest BCUT2D eigenvalue weighted by Crippen LogP contribution is -2.84. The lowest BCUT2D eigenvalue weighted by molar-refractivity contribution is -0.668. The summed E-state index contributed by atoms with van der Waals surface area (Å²) < 4.78 is 4.36. The van der Waals surface area contributed by atoms with Gasteiger partial charge in [-0.2, -0.15) is 0 Å². The number of nitrogens with one attached hydrogen (secondary N) is 1. The largest absolute Gasteiger partial charge is 0.379 e. The molecule has 0 saturated carbocycles. The summed E-state index contributed by atoms with van der Waals surface area (Å²) in [6, 6.07) is 7.66. The van der Waals surface area contributed by atoms with Crippen molar-refractivity contribution in [2.45, 2.75) is 6.54 Å². The number of nitrogen functional groups attached to an aromatic ring is 1. The fourth-order valence-corrected chi connectivity index (χ4v) is 1.86. The minimum Gasteiger partial charge on any atom is -0.379 e. The van der Waals surface area contributed by atoms with E-state index in [1.807, 2.05) is 29.6 Å². The molecule has 1 amide bonds. The Morgan fingerprint density at radius 1 is 1.40 bits per heavy atom. The number of nitrogens with zero attached hydrogens (tertiary/aromatic N) is 2. The van der Waals surface area contributed by atoms with Gasteiger partial charge in [0.1, 0.15) is 6.54 Å². The Labute approximate surface area is 120 Å². The highest BCUT2D eigenvalue weighted by Crippen LogP contribution is 2.12. The second-order valence-electron chi connectivity index (χ2n) is 4.13. The van der Waals surface area contributed by atoms with Crippen LogP contribution in [-0.4, -0.2) is 29.3 Å². The Hall–Kier alpha value is -2.12. The molecule has 2 aromatic rings. The number of nitrogens with two attached hydrogens (primary N) is 2. The van der Waals surface area contributed by atoms with Crippen LogP contribution in [0.15, 0.2) is 28.9 Å². The van der Waals surface area contributed by atoms with Crippen LogP contribution < -0.4 is 16.4 Å². The SMILES string of the molecule is Nc1nonc1C(=O)NCC[NH2+]Cc1ccccc1Cl. The van der Waals surface area contributed by atoms with E-state index in [1.165, 1.54) is 0 Å². The van der Waals surface area contributed by atoms with E-state index in [9.17, 15) is 4.79 Å². The quantitative estimate of drug-likeness (QED) is 0.639. The number of amides is 1. The van der Waals surface area contributed by atoms with E-state index in [4.69, 9.17) is 17.3 Å². The molecule has 0 atom stereocenters. The van der Waals surface area contributed by atoms with Gasteiger partial charge in [0.25, 0.3) is 5.91 Å². The van der Waals surface area contributed by atoms with Gasteiger partial charge in [-0.15, -0.1) is 0 Å². The maximum absolute atomic E-state index is 11.6. The summed E-state index contributed by atoms with van der Waals surface area (Å²) in [5.74, 6) is -0.405. The van der Waals surface area contributed by atoms with Gasteiger partial charge in [-0.25, -0.2) is 4.63 Å². The van der Waals surface area contributed by atoms with E-state index < -0.39 is 5.91 Å². The van der Waals surface area contributed by atoms with Crippen molar-refractivity contribution in [2.75, 3.05) is 18.8 Å². The number of benzene rings is 1. The molecule has 1 aromatic heterocycles. The summed E-state index contributed by atoms with van der Waals surface area (Å²) in [5, 5.41) is 12.2. The highest BCUT2D eigenvalue weighted by atomic mass is 35.5. The molecule has 0 aliphatic rings. The molecule has 0 fully saturated rings. The third-order valence-electron chi connectivity index (χ3n) is 2.69. The number of quaternary nitrogens is 1. The monoisotopic (exact) mass is 296 g/mol. The zero-order valence-electron chi connectivity index (χ0n) is 10.7. The van der Waals surface area contributed by atoms with Crippen LogP contribution in [0.3, 0.4) is 0 Å². The number of carbonyl (C=O) groups excluding carboxylic acids is 1. The topological polar surface area (TPSA) is 111 Å². The van der Waals surface area contributed by atoms with Crippen molar-refractivity contribution in [3.05, 3.63) is 40.5 Å². The average Bonchev–Trinajstić information content (AvgIpc) is 2.86. The van der Waals surface area contributed by atoms with Crippen LogP contribution >= 0.6 is 11.6 Å². The average molecular weight is 297 g/mol. The number of hydrogen-bond acceptors (Lipinski definition) is 5. The van der Waals surface area contributed by atoms with Gasteiger partial charge in [0, 0.05) is 10.6 Å². The van der Waals surface area contributed by atoms with Crippen molar-refractivity contribution in [3.8, 4) is 0 Å². The Kier molecular flexibility index (Phi) is 4.91. The molecule has 0 spiro atoms. The first kappa shape index (κ1) is 14.3. The molecule has 1 aromatic carbocycles. The van der Waals surface area contributed by atoms with Crippen LogP contribution in [-0.2, 0) is 6.54 Å². The first-order chi connectivity index (χ1) is 9.68. The van der Waals surface area contributed by atoms with Crippen LogP contribution in [0.2, 0.25) is 5.02 Å². The maximum Gasteiger partial charge on any atom is 0.277 e. The van der Waals surface area contributed by atoms with Gasteiger partial charge in [0.05, 0.1) is 13.1 Å². The lowest BCUT2D eigenvalue weighted by Gasteiger charge is -2.04. The highest BCUT2D eigenvalue weighted by molar-refractivity contribution is 6.31. The van der Waals surface area contributed by atoms with E-state index in [0.717, 1.165) is 17.1 Å². The Morgan fingerprint density at radius 3 is 2.90 bits per heavy atom. The van der Waals surface area contributed by atoms with Gasteiger partial charge in [0.15, 0.2) is 0 Å².